The largest absolute Gasteiger partial charge is 0.346 e. The van der Waals surface area contributed by atoms with E-state index in [1.54, 1.807) is 48.5 Å². The van der Waals surface area contributed by atoms with Crippen molar-refractivity contribution in [3.8, 4) is 11.1 Å². The highest BCUT2D eigenvalue weighted by Crippen LogP contribution is 2.33. The first-order valence-electron chi connectivity index (χ1n) is 9.88. The highest BCUT2D eigenvalue weighted by Gasteiger charge is 2.45. The monoisotopic (exact) mass is 435 g/mol. The van der Waals surface area contributed by atoms with Crippen molar-refractivity contribution >= 4 is 34.7 Å². The molecule has 3 aromatic rings. The van der Waals surface area contributed by atoms with Crippen LogP contribution in [0.2, 0.25) is 0 Å². The predicted molar refractivity (Wildman–Crippen MR) is 115 cm³/mol. The molecule has 0 aliphatic carbocycles. The number of hydrogen-bond donors (Lipinski definition) is 2. The van der Waals surface area contributed by atoms with Crippen LogP contribution < -0.4 is 10.6 Å². The second kappa shape index (κ2) is 7.63. The summed E-state index contributed by atoms with van der Waals surface area (Å²) < 4.78 is 14.2. The zero-order valence-electron chi connectivity index (χ0n) is 16.3. The maximum absolute atomic E-state index is 14.2. The Bertz CT molecular complexity index is 1190. The number of hydrogen-bond acceptors (Lipinski definition) is 4. The van der Waals surface area contributed by atoms with Gasteiger partial charge in [0.15, 0.2) is 0 Å². The number of halogens is 1. The molecule has 31 heavy (non-hydrogen) atoms. The number of amides is 3. The van der Waals surface area contributed by atoms with Crippen molar-refractivity contribution in [1.29, 1.82) is 0 Å². The number of thiophene rings is 1. The smallest absolute Gasteiger partial charge is 0.261 e. The second-order valence-electron chi connectivity index (χ2n) is 7.52. The van der Waals surface area contributed by atoms with E-state index in [0.717, 1.165) is 0 Å². The highest BCUT2D eigenvalue weighted by atomic mass is 32.1. The summed E-state index contributed by atoms with van der Waals surface area (Å²) in [4.78, 5) is 40.8. The number of benzene rings is 2. The fourth-order valence-electron chi connectivity index (χ4n) is 4.20. The summed E-state index contributed by atoms with van der Waals surface area (Å²) in [5, 5.41) is 7.52. The van der Waals surface area contributed by atoms with Gasteiger partial charge >= 0.3 is 0 Å². The molecular formula is C23H18FN3O3S. The molecule has 2 aromatic carbocycles. The van der Waals surface area contributed by atoms with Gasteiger partial charge in [0, 0.05) is 12.1 Å². The van der Waals surface area contributed by atoms with Crippen molar-refractivity contribution in [3.63, 3.8) is 0 Å². The first kappa shape index (κ1) is 19.4. The molecule has 2 aliphatic heterocycles. The third-order valence-corrected chi connectivity index (χ3v) is 6.55. The number of carbonyl (C=O) groups is 3. The minimum Gasteiger partial charge on any atom is -0.346 e. The zero-order chi connectivity index (χ0) is 21.5. The molecule has 2 N–H and O–H groups in total. The number of carbonyl (C=O) groups excluding carboxylic acids is 3. The van der Waals surface area contributed by atoms with Crippen molar-refractivity contribution in [2.75, 3.05) is 11.9 Å². The fourth-order valence-corrected chi connectivity index (χ4v) is 4.82. The number of anilines is 1. The summed E-state index contributed by atoms with van der Waals surface area (Å²) in [5.74, 6) is -1.31. The Morgan fingerprint density at radius 1 is 1.10 bits per heavy atom. The number of nitrogens with one attached hydrogen (secondary N) is 2. The van der Waals surface area contributed by atoms with Crippen LogP contribution in [0.25, 0.3) is 11.1 Å². The van der Waals surface area contributed by atoms with Crippen LogP contribution in [0.1, 0.15) is 26.5 Å². The Labute approximate surface area is 181 Å². The maximum atomic E-state index is 14.2. The van der Waals surface area contributed by atoms with E-state index in [-0.39, 0.29) is 23.5 Å². The van der Waals surface area contributed by atoms with Gasteiger partial charge in [-0.3, -0.25) is 14.4 Å². The SMILES string of the molecule is O=C(N[C@H]1CCN2C(=O)c3cc(-c4ccccc4F)ccc3NC(=O)[C@H]12)c1cccs1. The summed E-state index contributed by atoms with van der Waals surface area (Å²) in [6.07, 6.45) is 0.475. The fraction of sp³-hybridized carbons (Fsp3) is 0.174. The van der Waals surface area contributed by atoms with Gasteiger partial charge in [0.1, 0.15) is 11.9 Å². The third kappa shape index (κ3) is 3.38. The van der Waals surface area contributed by atoms with Crippen LogP contribution in [-0.2, 0) is 4.79 Å². The molecule has 2 atom stereocenters. The van der Waals surface area contributed by atoms with E-state index in [0.29, 0.717) is 40.2 Å². The van der Waals surface area contributed by atoms with E-state index in [2.05, 4.69) is 10.6 Å². The summed E-state index contributed by atoms with van der Waals surface area (Å²) in [5.41, 5.74) is 1.63. The Kier molecular flexibility index (Phi) is 4.78. The van der Waals surface area contributed by atoms with E-state index in [9.17, 15) is 18.8 Å². The molecule has 3 amide bonds. The minimum absolute atomic E-state index is 0.259. The van der Waals surface area contributed by atoms with Crippen LogP contribution in [0, 0.1) is 5.82 Å². The van der Waals surface area contributed by atoms with Gasteiger partial charge in [-0.25, -0.2) is 4.39 Å². The molecule has 8 heteroatoms. The zero-order valence-corrected chi connectivity index (χ0v) is 17.1. The van der Waals surface area contributed by atoms with Gasteiger partial charge in [-0.2, -0.15) is 0 Å². The van der Waals surface area contributed by atoms with Gasteiger partial charge in [0.2, 0.25) is 5.91 Å². The Morgan fingerprint density at radius 3 is 2.71 bits per heavy atom. The van der Waals surface area contributed by atoms with Gasteiger partial charge in [-0.1, -0.05) is 30.3 Å². The molecular weight excluding hydrogens is 417 g/mol. The van der Waals surface area contributed by atoms with Crippen LogP contribution in [0.15, 0.2) is 60.0 Å². The lowest BCUT2D eigenvalue weighted by molar-refractivity contribution is -0.120. The standard InChI is InChI=1S/C23H18FN3O3S/c24-16-5-2-1-4-14(16)13-7-8-17-15(12-13)23(30)27-10-9-18(20(27)22(29)25-17)26-21(28)19-6-3-11-31-19/h1-8,11-12,18,20H,9-10H2,(H,25,29)(H,26,28)/t18-,20-/m0/s1. The van der Waals surface area contributed by atoms with Crippen molar-refractivity contribution in [1.82, 2.24) is 10.2 Å². The van der Waals surface area contributed by atoms with Gasteiger partial charge in [-0.05, 0) is 41.6 Å². The van der Waals surface area contributed by atoms with Crippen LogP contribution in [0.3, 0.4) is 0 Å². The van der Waals surface area contributed by atoms with E-state index >= 15 is 0 Å². The van der Waals surface area contributed by atoms with Gasteiger partial charge in [0.25, 0.3) is 11.8 Å². The molecule has 0 bridgehead atoms. The maximum Gasteiger partial charge on any atom is 0.261 e. The van der Waals surface area contributed by atoms with Crippen LogP contribution >= 0.6 is 11.3 Å². The first-order valence-corrected chi connectivity index (χ1v) is 10.8. The quantitative estimate of drug-likeness (QED) is 0.661. The lowest BCUT2D eigenvalue weighted by Gasteiger charge is -2.24. The third-order valence-electron chi connectivity index (χ3n) is 5.68. The highest BCUT2D eigenvalue weighted by molar-refractivity contribution is 7.12. The van der Waals surface area contributed by atoms with Crippen LogP contribution in [-0.4, -0.2) is 41.2 Å². The topological polar surface area (TPSA) is 78.5 Å². The van der Waals surface area contributed by atoms with Crippen molar-refractivity contribution < 1.29 is 18.8 Å². The average molecular weight is 435 g/mol. The van der Waals surface area contributed by atoms with E-state index in [1.165, 1.54) is 22.3 Å². The summed E-state index contributed by atoms with van der Waals surface area (Å²) in [7, 11) is 0. The molecule has 3 heterocycles. The molecule has 0 unspecified atom stereocenters. The van der Waals surface area contributed by atoms with Gasteiger partial charge in [0.05, 0.1) is 22.2 Å². The van der Waals surface area contributed by atoms with E-state index < -0.39 is 12.1 Å². The van der Waals surface area contributed by atoms with E-state index in [1.807, 2.05) is 5.38 Å². The summed E-state index contributed by atoms with van der Waals surface area (Å²) in [6.45, 7) is 0.343. The van der Waals surface area contributed by atoms with Gasteiger partial charge < -0.3 is 15.5 Å². The van der Waals surface area contributed by atoms with Crippen LogP contribution in [0.5, 0.6) is 0 Å². The summed E-state index contributed by atoms with van der Waals surface area (Å²) >= 11 is 1.32. The molecule has 1 aromatic heterocycles. The average Bonchev–Trinajstić information content (AvgIpc) is 3.42. The van der Waals surface area contributed by atoms with Crippen LogP contribution in [0.4, 0.5) is 10.1 Å². The van der Waals surface area contributed by atoms with Crippen molar-refractivity contribution in [3.05, 3.63) is 76.2 Å². The molecule has 5 rings (SSSR count). The van der Waals surface area contributed by atoms with E-state index in [4.69, 9.17) is 0 Å². The molecule has 1 fully saturated rings. The summed E-state index contributed by atoms with van der Waals surface area (Å²) in [6, 6.07) is 13.4. The molecule has 6 nitrogen and oxygen atoms in total. The second-order valence-corrected chi connectivity index (χ2v) is 8.47. The molecule has 1 saturated heterocycles. The molecule has 0 radical (unpaired) electrons. The Morgan fingerprint density at radius 2 is 1.94 bits per heavy atom. The van der Waals surface area contributed by atoms with Crippen molar-refractivity contribution in [2.24, 2.45) is 0 Å². The lowest BCUT2D eigenvalue weighted by atomic mass is 10.0. The minimum atomic E-state index is -0.805. The first-order chi connectivity index (χ1) is 15.0. The number of fused-ring (bicyclic) bond motifs is 2. The lowest BCUT2D eigenvalue weighted by Crippen LogP contribution is -2.51. The molecule has 0 saturated carbocycles. The normalized spacial score (nSPS) is 20.0. The molecule has 156 valence electrons. The Hall–Kier alpha value is -3.52. The van der Waals surface area contributed by atoms with Gasteiger partial charge in [-0.15, -0.1) is 11.3 Å². The Balaban J connectivity index is 1.46. The molecule has 0 spiro atoms. The number of rotatable bonds is 3. The van der Waals surface area contributed by atoms with Crippen molar-refractivity contribution in [2.45, 2.75) is 18.5 Å². The number of nitrogens with zero attached hydrogens (tertiary/aromatic N) is 1. The predicted octanol–water partition coefficient (Wildman–Crippen LogP) is 3.52. The molecule has 2 aliphatic rings.